The first-order chi connectivity index (χ1) is 11.9. The van der Waals surface area contributed by atoms with Crippen molar-refractivity contribution < 1.29 is 42.9 Å². The van der Waals surface area contributed by atoms with Crippen molar-refractivity contribution in [2.75, 3.05) is 7.11 Å². The molecule has 0 aliphatic rings. The molecule has 2 heterocycles. The standard InChI is InChI=1S/C8H6O5.C8H8O4.2CH4/c9-5-12-8-4-2-6(13-8)1-3-7(10)11;1-11-8-5-3-6(12-8)2-4-7(9)10;;/h1-5H,(H,10,11);2-5H,1H3,(H,9,10);2*1H4/b3-1+;4-2+;;. The van der Waals surface area contributed by atoms with Gasteiger partial charge in [-0.2, -0.15) is 0 Å². The van der Waals surface area contributed by atoms with Crippen LogP contribution >= 0.6 is 0 Å². The molecule has 2 aromatic heterocycles. The number of carbonyl (C=O) groups is 3. The molecule has 9 heteroatoms. The lowest BCUT2D eigenvalue weighted by molar-refractivity contribution is -0.132. The number of methoxy groups -OCH3 is 1. The van der Waals surface area contributed by atoms with Gasteiger partial charge in [0, 0.05) is 24.3 Å². The molecule has 0 radical (unpaired) electrons. The number of furan rings is 2. The molecule has 0 atom stereocenters. The van der Waals surface area contributed by atoms with Crippen molar-refractivity contribution in [2.24, 2.45) is 0 Å². The number of hydrogen-bond acceptors (Lipinski definition) is 7. The van der Waals surface area contributed by atoms with Crippen LogP contribution in [0, 0.1) is 0 Å². The van der Waals surface area contributed by atoms with E-state index in [1.165, 1.54) is 31.4 Å². The summed E-state index contributed by atoms with van der Waals surface area (Å²) in [5.41, 5.74) is 0. The van der Waals surface area contributed by atoms with Crippen LogP contribution in [0.3, 0.4) is 0 Å². The van der Waals surface area contributed by atoms with Gasteiger partial charge >= 0.3 is 18.4 Å². The molecule has 9 nitrogen and oxygen atoms in total. The molecule has 2 aromatic rings. The Morgan fingerprint density at radius 2 is 1.33 bits per heavy atom. The Hall–Kier alpha value is -3.75. The van der Waals surface area contributed by atoms with Crippen LogP contribution in [0.1, 0.15) is 26.4 Å². The minimum atomic E-state index is -1.07. The third kappa shape index (κ3) is 10.7. The predicted molar refractivity (Wildman–Crippen MR) is 97.5 cm³/mol. The Balaban J connectivity index is 0. The highest BCUT2D eigenvalue weighted by Crippen LogP contribution is 2.16. The minimum Gasteiger partial charge on any atom is -0.478 e. The van der Waals surface area contributed by atoms with Crippen molar-refractivity contribution in [3.05, 3.63) is 47.9 Å². The van der Waals surface area contributed by atoms with Gasteiger partial charge in [-0.3, -0.25) is 4.79 Å². The average Bonchev–Trinajstić information content (AvgIpc) is 3.21. The summed E-state index contributed by atoms with van der Waals surface area (Å²) >= 11 is 0. The van der Waals surface area contributed by atoms with E-state index in [1.54, 1.807) is 12.1 Å². The Bertz CT molecular complexity index is 765. The first-order valence-corrected chi connectivity index (χ1v) is 6.60. The lowest BCUT2D eigenvalue weighted by Gasteiger charge is -1.88. The average molecular weight is 382 g/mol. The fourth-order valence-electron chi connectivity index (χ4n) is 1.38. The number of carboxylic acids is 2. The van der Waals surface area contributed by atoms with Crippen LogP contribution in [0.15, 0.2) is 45.3 Å². The van der Waals surface area contributed by atoms with Crippen molar-refractivity contribution >= 4 is 30.6 Å². The second-order valence-corrected chi connectivity index (χ2v) is 4.07. The van der Waals surface area contributed by atoms with E-state index in [0.29, 0.717) is 17.5 Å². The molecule has 0 unspecified atom stereocenters. The van der Waals surface area contributed by atoms with Crippen molar-refractivity contribution in [1.29, 1.82) is 0 Å². The third-order valence-electron chi connectivity index (χ3n) is 2.35. The van der Waals surface area contributed by atoms with Crippen molar-refractivity contribution in [2.45, 2.75) is 14.9 Å². The van der Waals surface area contributed by atoms with Gasteiger partial charge in [0.2, 0.25) is 0 Å². The number of aliphatic carboxylic acids is 2. The SMILES string of the molecule is C.C.COc1ccc(/C=C/C(=O)O)o1.O=COc1ccc(/C=C/C(=O)O)o1. The van der Waals surface area contributed by atoms with Gasteiger partial charge in [-0.25, -0.2) is 9.59 Å². The summed E-state index contributed by atoms with van der Waals surface area (Å²) in [4.78, 5) is 30.0. The maximum absolute atomic E-state index is 10.1. The van der Waals surface area contributed by atoms with E-state index in [-0.39, 0.29) is 27.3 Å². The van der Waals surface area contributed by atoms with Gasteiger partial charge in [-0.1, -0.05) is 14.9 Å². The lowest BCUT2D eigenvalue weighted by atomic mass is 10.4. The van der Waals surface area contributed by atoms with Crippen LogP contribution in [0.25, 0.3) is 12.2 Å². The van der Waals surface area contributed by atoms with E-state index in [9.17, 15) is 14.4 Å². The maximum Gasteiger partial charge on any atom is 0.328 e. The zero-order valence-corrected chi connectivity index (χ0v) is 12.9. The molecule has 148 valence electrons. The summed E-state index contributed by atoms with van der Waals surface area (Å²) in [6, 6.07) is 6.13. The van der Waals surface area contributed by atoms with Crippen molar-refractivity contribution in [3.8, 4) is 11.9 Å². The van der Waals surface area contributed by atoms with E-state index in [1.807, 2.05) is 0 Å². The fourth-order valence-corrected chi connectivity index (χ4v) is 1.38. The molecule has 0 saturated carbocycles. The Morgan fingerprint density at radius 3 is 1.70 bits per heavy atom. The molecule has 2 N–H and O–H groups in total. The number of carboxylic acid groups (broad SMARTS) is 2. The van der Waals surface area contributed by atoms with Crippen LogP contribution in [0.5, 0.6) is 11.9 Å². The van der Waals surface area contributed by atoms with Gasteiger partial charge in [0.25, 0.3) is 11.9 Å². The minimum absolute atomic E-state index is 0. The van der Waals surface area contributed by atoms with E-state index in [2.05, 4.69) is 4.74 Å². The molecule has 0 aliphatic carbocycles. The van der Waals surface area contributed by atoms with Crippen molar-refractivity contribution in [3.63, 3.8) is 0 Å². The normalized spacial score (nSPS) is 9.52. The highest BCUT2D eigenvalue weighted by atomic mass is 16.6. The molecule has 0 bridgehead atoms. The topological polar surface area (TPSA) is 136 Å². The summed E-state index contributed by atoms with van der Waals surface area (Å²) < 4.78 is 19.0. The van der Waals surface area contributed by atoms with Crippen LogP contribution in [0.4, 0.5) is 0 Å². The molecule has 0 amide bonds. The first kappa shape index (κ1) is 25.5. The molecule has 0 spiro atoms. The smallest absolute Gasteiger partial charge is 0.328 e. The third-order valence-corrected chi connectivity index (χ3v) is 2.35. The highest BCUT2D eigenvalue weighted by Gasteiger charge is 1.99. The van der Waals surface area contributed by atoms with E-state index >= 15 is 0 Å². The van der Waals surface area contributed by atoms with Gasteiger partial charge < -0.3 is 28.5 Å². The Morgan fingerprint density at radius 1 is 0.889 bits per heavy atom. The second kappa shape index (κ2) is 13.5. The zero-order valence-electron chi connectivity index (χ0n) is 12.9. The number of ether oxygens (including phenoxy) is 2. The molecule has 0 aromatic carbocycles. The zero-order chi connectivity index (χ0) is 18.7. The van der Waals surface area contributed by atoms with Crippen LogP contribution in [-0.4, -0.2) is 35.7 Å². The number of hydrogen-bond donors (Lipinski definition) is 2. The lowest BCUT2D eigenvalue weighted by Crippen LogP contribution is -1.85. The van der Waals surface area contributed by atoms with Crippen LogP contribution < -0.4 is 9.47 Å². The summed E-state index contributed by atoms with van der Waals surface area (Å²) in [7, 11) is 1.48. The number of rotatable bonds is 7. The molecule has 0 saturated heterocycles. The van der Waals surface area contributed by atoms with Crippen LogP contribution in [-0.2, 0) is 14.4 Å². The van der Waals surface area contributed by atoms with Gasteiger partial charge in [0.1, 0.15) is 11.5 Å². The van der Waals surface area contributed by atoms with Crippen molar-refractivity contribution in [1.82, 2.24) is 0 Å². The fraction of sp³-hybridized carbons (Fsp3) is 0.167. The predicted octanol–water partition coefficient (Wildman–Crippen LogP) is 3.57. The van der Waals surface area contributed by atoms with Gasteiger partial charge in [0.05, 0.1) is 7.11 Å². The van der Waals surface area contributed by atoms with E-state index < -0.39 is 11.9 Å². The summed E-state index contributed by atoms with van der Waals surface area (Å²) in [6.45, 7) is 0.226. The molecule has 0 fully saturated rings. The quantitative estimate of drug-likeness (QED) is 0.544. The van der Waals surface area contributed by atoms with E-state index in [4.69, 9.17) is 23.8 Å². The van der Waals surface area contributed by atoms with Gasteiger partial charge in [-0.15, -0.1) is 0 Å². The summed E-state index contributed by atoms with van der Waals surface area (Å²) in [5.74, 6) is -0.937. The molecule has 2 rings (SSSR count). The first-order valence-electron chi connectivity index (χ1n) is 6.60. The van der Waals surface area contributed by atoms with Crippen LogP contribution in [0.2, 0.25) is 0 Å². The molecular formula is C18H22O9. The Labute approximate surface area is 156 Å². The summed E-state index contributed by atoms with van der Waals surface area (Å²) in [5, 5.41) is 16.5. The highest BCUT2D eigenvalue weighted by molar-refractivity contribution is 5.85. The van der Waals surface area contributed by atoms with Gasteiger partial charge in [-0.05, 0) is 24.3 Å². The Kier molecular flexibility index (Phi) is 12.8. The largest absolute Gasteiger partial charge is 0.478 e. The van der Waals surface area contributed by atoms with Gasteiger partial charge in [0.15, 0.2) is 0 Å². The molecular weight excluding hydrogens is 360 g/mol. The second-order valence-electron chi connectivity index (χ2n) is 4.07. The monoisotopic (exact) mass is 382 g/mol. The summed E-state index contributed by atoms with van der Waals surface area (Å²) in [6.07, 6.45) is 4.52. The molecule has 27 heavy (non-hydrogen) atoms. The van der Waals surface area contributed by atoms with E-state index in [0.717, 1.165) is 12.2 Å². The number of carbonyl (C=O) groups excluding carboxylic acids is 1. The molecule has 0 aliphatic heterocycles. The maximum atomic E-state index is 10.1.